The maximum atomic E-state index is 5.78. The number of ether oxygens (including phenoxy) is 2. The molecule has 1 aromatic rings. The molecule has 0 saturated carbocycles. The fraction of sp³-hybridized carbons (Fsp3) is 0.750. The van der Waals surface area contributed by atoms with Gasteiger partial charge in [-0.2, -0.15) is 4.98 Å². The molecule has 1 N–H and O–H groups in total. The Balaban J connectivity index is 2.73. The molecule has 1 aromatic heterocycles. The first-order valence-corrected chi connectivity index (χ1v) is 7.68. The Morgan fingerprint density at radius 3 is 2.57 bits per heavy atom. The first-order valence-electron chi connectivity index (χ1n) is 7.68. The van der Waals surface area contributed by atoms with Crippen molar-refractivity contribution < 1.29 is 9.47 Å². The van der Waals surface area contributed by atoms with Gasteiger partial charge in [-0.1, -0.05) is 20.8 Å². The van der Waals surface area contributed by atoms with Gasteiger partial charge < -0.3 is 14.8 Å². The fourth-order valence-electron chi connectivity index (χ4n) is 1.62. The van der Waals surface area contributed by atoms with Crippen LogP contribution in [0.15, 0.2) is 6.07 Å². The zero-order valence-corrected chi connectivity index (χ0v) is 14.2. The van der Waals surface area contributed by atoms with E-state index in [-0.39, 0.29) is 11.5 Å². The van der Waals surface area contributed by atoms with Gasteiger partial charge >= 0.3 is 0 Å². The Morgan fingerprint density at radius 2 is 2.00 bits per heavy atom. The fourth-order valence-corrected chi connectivity index (χ4v) is 1.62. The van der Waals surface area contributed by atoms with Crippen LogP contribution < -0.4 is 10.1 Å². The molecule has 0 amide bonds. The van der Waals surface area contributed by atoms with Crippen molar-refractivity contribution in [3.05, 3.63) is 11.9 Å². The Hall–Kier alpha value is -1.36. The van der Waals surface area contributed by atoms with Gasteiger partial charge in [-0.05, 0) is 20.3 Å². The molecule has 5 heteroatoms. The third-order valence-electron chi connectivity index (χ3n) is 3.30. The minimum absolute atomic E-state index is 0.183. The second-order valence-electron chi connectivity index (χ2n) is 6.09. The van der Waals surface area contributed by atoms with Crippen molar-refractivity contribution in [3.63, 3.8) is 0 Å². The zero-order chi connectivity index (χ0) is 15.9. The molecule has 0 unspecified atom stereocenters. The highest BCUT2D eigenvalue weighted by atomic mass is 16.5. The molecule has 0 fully saturated rings. The van der Waals surface area contributed by atoms with Crippen LogP contribution in [0.25, 0.3) is 0 Å². The van der Waals surface area contributed by atoms with Gasteiger partial charge in [0.1, 0.15) is 11.6 Å². The van der Waals surface area contributed by atoms with E-state index in [9.17, 15) is 0 Å². The van der Waals surface area contributed by atoms with Crippen LogP contribution in [0.4, 0.5) is 5.82 Å². The summed E-state index contributed by atoms with van der Waals surface area (Å²) in [6.07, 6.45) is 1.86. The highest BCUT2D eigenvalue weighted by Gasteiger charge is 2.16. The Bertz CT molecular complexity index is 434. The first-order chi connectivity index (χ1) is 9.88. The molecular weight excluding hydrogens is 266 g/mol. The van der Waals surface area contributed by atoms with E-state index < -0.39 is 0 Å². The van der Waals surface area contributed by atoms with Crippen molar-refractivity contribution in [2.24, 2.45) is 0 Å². The quantitative estimate of drug-likeness (QED) is 0.754. The molecule has 21 heavy (non-hydrogen) atoms. The summed E-state index contributed by atoms with van der Waals surface area (Å²) in [6.45, 7) is 11.8. The van der Waals surface area contributed by atoms with Gasteiger partial charge in [0, 0.05) is 32.1 Å². The zero-order valence-electron chi connectivity index (χ0n) is 14.2. The van der Waals surface area contributed by atoms with Crippen molar-refractivity contribution >= 4 is 5.82 Å². The summed E-state index contributed by atoms with van der Waals surface area (Å²) in [4.78, 5) is 8.99. The van der Waals surface area contributed by atoms with Crippen LogP contribution in [0.5, 0.6) is 5.88 Å². The molecule has 5 nitrogen and oxygen atoms in total. The van der Waals surface area contributed by atoms with Gasteiger partial charge in [0.05, 0.1) is 12.2 Å². The second-order valence-corrected chi connectivity index (χ2v) is 6.09. The molecule has 0 atom stereocenters. The summed E-state index contributed by atoms with van der Waals surface area (Å²) < 4.78 is 11.2. The van der Waals surface area contributed by atoms with Crippen molar-refractivity contribution in [3.8, 4) is 5.88 Å². The lowest BCUT2D eigenvalue weighted by Gasteiger charge is -2.22. The second kappa shape index (κ2) is 8.17. The molecule has 0 aromatic carbocycles. The van der Waals surface area contributed by atoms with Crippen molar-refractivity contribution in [1.29, 1.82) is 0 Å². The average Bonchev–Trinajstić information content (AvgIpc) is 2.44. The van der Waals surface area contributed by atoms with Gasteiger partial charge in [-0.25, -0.2) is 4.98 Å². The molecule has 0 spiro atoms. The minimum Gasteiger partial charge on any atom is -0.477 e. The van der Waals surface area contributed by atoms with E-state index in [4.69, 9.17) is 9.47 Å². The maximum absolute atomic E-state index is 5.78. The first kappa shape index (κ1) is 17.7. The molecule has 120 valence electrons. The van der Waals surface area contributed by atoms with Gasteiger partial charge in [0.2, 0.25) is 5.88 Å². The van der Waals surface area contributed by atoms with E-state index in [2.05, 4.69) is 36.1 Å². The van der Waals surface area contributed by atoms with Crippen LogP contribution in [-0.2, 0) is 4.74 Å². The number of nitrogens with zero attached hydrogens (tertiary/aromatic N) is 2. The third kappa shape index (κ3) is 6.29. The molecule has 1 heterocycles. The summed E-state index contributed by atoms with van der Waals surface area (Å²) >= 11 is 0. The van der Waals surface area contributed by atoms with Gasteiger partial charge in [-0.3, -0.25) is 0 Å². The Morgan fingerprint density at radius 1 is 1.29 bits per heavy atom. The smallest absolute Gasteiger partial charge is 0.218 e. The van der Waals surface area contributed by atoms with Gasteiger partial charge in [-0.15, -0.1) is 0 Å². The largest absolute Gasteiger partial charge is 0.477 e. The molecule has 0 radical (unpaired) electrons. The molecule has 0 saturated heterocycles. The van der Waals surface area contributed by atoms with Gasteiger partial charge in [0.15, 0.2) is 0 Å². The minimum atomic E-state index is -0.183. The summed E-state index contributed by atoms with van der Waals surface area (Å²) in [7, 11) is 1.72. The SMILES string of the molecule is CCCNc1cc(OCCC(C)(C)OC)nc(C(C)C)n1. The van der Waals surface area contributed by atoms with E-state index in [1.54, 1.807) is 7.11 Å². The summed E-state index contributed by atoms with van der Waals surface area (Å²) in [5, 5.41) is 3.29. The van der Waals surface area contributed by atoms with E-state index in [0.29, 0.717) is 12.5 Å². The molecule has 0 bridgehead atoms. The summed E-state index contributed by atoms with van der Waals surface area (Å²) in [6, 6.07) is 1.86. The van der Waals surface area contributed by atoms with E-state index in [0.717, 1.165) is 31.0 Å². The van der Waals surface area contributed by atoms with Crippen LogP contribution >= 0.6 is 0 Å². The predicted octanol–water partition coefficient (Wildman–Crippen LogP) is 3.62. The van der Waals surface area contributed by atoms with Crippen LogP contribution in [-0.4, -0.2) is 35.8 Å². The van der Waals surface area contributed by atoms with E-state index >= 15 is 0 Å². The Kier molecular flexibility index (Phi) is 6.89. The Labute approximate surface area is 128 Å². The summed E-state index contributed by atoms with van der Waals surface area (Å²) in [5.74, 6) is 2.53. The number of anilines is 1. The maximum Gasteiger partial charge on any atom is 0.218 e. The highest BCUT2D eigenvalue weighted by molar-refractivity contribution is 5.38. The lowest BCUT2D eigenvalue weighted by molar-refractivity contribution is 0.00506. The number of aromatic nitrogens is 2. The van der Waals surface area contributed by atoms with Crippen LogP contribution in [0.3, 0.4) is 0 Å². The van der Waals surface area contributed by atoms with Crippen LogP contribution in [0.1, 0.15) is 59.2 Å². The molecule has 0 aliphatic heterocycles. The number of nitrogens with one attached hydrogen (secondary N) is 1. The van der Waals surface area contributed by atoms with Crippen LogP contribution in [0.2, 0.25) is 0 Å². The van der Waals surface area contributed by atoms with E-state index in [1.807, 2.05) is 19.9 Å². The highest BCUT2D eigenvalue weighted by Crippen LogP contribution is 2.20. The standard InChI is InChI=1S/C16H29N3O2/c1-7-9-17-13-11-14(19-15(18-13)12(2)3)21-10-8-16(4,5)20-6/h11-12H,7-10H2,1-6H3,(H,17,18,19). The molecule has 0 aliphatic carbocycles. The third-order valence-corrected chi connectivity index (χ3v) is 3.30. The predicted molar refractivity (Wildman–Crippen MR) is 86.1 cm³/mol. The van der Waals surface area contributed by atoms with E-state index in [1.165, 1.54) is 0 Å². The number of methoxy groups -OCH3 is 1. The average molecular weight is 295 g/mol. The topological polar surface area (TPSA) is 56.3 Å². The lowest BCUT2D eigenvalue weighted by Crippen LogP contribution is -2.25. The lowest BCUT2D eigenvalue weighted by atomic mass is 10.1. The monoisotopic (exact) mass is 295 g/mol. The molecule has 1 rings (SSSR count). The number of rotatable bonds is 9. The molecule has 0 aliphatic rings. The van der Waals surface area contributed by atoms with Crippen LogP contribution in [0, 0.1) is 0 Å². The van der Waals surface area contributed by atoms with Gasteiger partial charge in [0.25, 0.3) is 0 Å². The van der Waals surface area contributed by atoms with Crippen molar-refractivity contribution in [1.82, 2.24) is 9.97 Å². The summed E-state index contributed by atoms with van der Waals surface area (Å²) in [5.41, 5.74) is -0.183. The van der Waals surface area contributed by atoms with Crippen molar-refractivity contribution in [2.75, 3.05) is 25.6 Å². The van der Waals surface area contributed by atoms with Crippen molar-refractivity contribution in [2.45, 2.75) is 59.0 Å². The number of hydrogen-bond acceptors (Lipinski definition) is 5. The number of hydrogen-bond donors (Lipinski definition) is 1. The normalized spacial score (nSPS) is 11.8. The molecular formula is C16H29N3O2.